The number of fused-ring (bicyclic) bond motifs is 2. The Morgan fingerprint density at radius 2 is 2.00 bits per heavy atom. The summed E-state index contributed by atoms with van der Waals surface area (Å²) in [5.74, 6) is 1.88. The lowest BCUT2D eigenvalue weighted by molar-refractivity contribution is 0.208. The second-order valence-corrected chi connectivity index (χ2v) is 4.26. The Kier molecular flexibility index (Phi) is 1.59. The Hall–Kier alpha value is -0.260. The number of hydrogen-bond donors (Lipinski definition) is 0. The van der Waals surface area contributed by atoms with Crippen molar-refractivity contribution < 1.29 is 0 Å². The molecule has 0 aliphatic heterocycles. The third-order valence-corrected chi connectivity index (χ3v) is 4.04. The maximum atomic E-state index is 2.47. The van der Waals surface area contributed by atoms with Crippen molar-refractivity contribution in [1.29, 1.82) is 0 Å². The summed E-state index contributed by atoms with van der Waals surface area (Å²) in [6, 6.07) is 0. The molecule has 62 valence electrons. The van der Waals surface area contributed by atoms with Crippen molar-refractivity contribution in [3.8, 4) is 0 Å². The van der Waals surface area contributed by atoms with Gasteiger partial charge < -0.3 is 0 Å². The summed E-state index contributed by atoms with van der Waals surface area (Å²) < 4.78 is 0. The monoisotopic (exact) mass is 150 g/mol. The fraction of sp³-hybridized carbons (Fsp3) is 0.818. The molecule has 0 heterocycles. The lowest BCUT2D eigenvalue weighted by Crippen LogP contribution is -2.23. The van der Waals surface area contributed by atoms with Crippen LogP contribution in [0.4, 0.5) is 0 Å². The maximum absolute atomic E-state index is 2.47. The zero-order valence-corrected chi connectivity index (χ0v) is 7.64. The first kappa shape index (κ1) is 7.39. The Morgan fingerprint density at radius 1 is 1.27 bits per heavy atom. The summed E-state index contributed by atoms with van der Waals surface area (Å²) in [5.41, 5.74) is 0.708. The molecule has 2 atom stereocenters. The Balaban J connectivity index is 2.21. The zero-order valence-electron chi connectivity index (χ0n) is 7.64. The van der Waals surface area contributed by atoms with Gasteiger partial charge in [-0.3, -0.25) is 0 Å². The van der Waals surface area contributed by atoms with Crippen molar-refractivity contribution >= 4 is 0 Å². The van der Waals surface area contributed by atoms with Crippen LogP contribution in [0.25, 0.3) is 0 Å². The molecule has 0 nitrogen and oxygen atoms in total. The topological polar surface area (TPSA) is 0 Å². The van der Waals surface area contributed by atoms with Gasteiger partial charge in [0.05, 0.1) is 0 Å². The average molecular weight is 150 g/mol. The summed E-state index contributed by atoms with van der Waals surface area (Å²) >= 11 is 0. The molecule has 0 N–H and O–H groups in total. The molecule has 2 unspecified atom stereocenters. The number of rotatable bonds is 2. The molecule has 2 aliphatic carbocycles. The first-order valence-corrected chi connectivity index (χ1v) is 4.99. The predicted molar refractivity (Wildman–Crippen MR) is 48.4 cm³/mol. The molecule has 11 heavy (non-hydrogen) atoms. The average Bonchev–Trinajstić information content (AvgIpc) is 2.62. The van der Waals surface area contributed by atoms with E-state index in [1.54, 1.807) is 0 Å². The molecule has 0 radical (unpaired) electrons. The molecule has 1 fully saturated rings. The fourth-order valence-electron chi connectivity index (χ4n) is 3.12. The lowest BCUT2D eigenvalue weighted by Gasteiger charge is -2.33. The van der Waals surface area contributed by atoms with Gasteiger partial charge >= 0.3 is 0 Å². The van der Waals surface area contributed by atoms with Crippen molar-refractivity contribution in [2.24, 2.45) is 17.3 Å². The van der Waals surface area contributed by atoms with Gasteiger partial charge in [0.25, 0.3) is 0 Å². The van der Waals surface area contributed by atoms with E-state index in [1.165, 1.54) is 25.7 Å². The van der Waals surface area contributed by atoms with Gasteiger partial charge in [-0.05, 0) is 42.9 Å². The van der Waals surface area contributed by atoms with Crippen LogP contribution >= 0.6 is 0 Å². The summed E-state index contributed by atoms with van der Waals surface area (Å²) in [5, 5.41) is 0. The van der Waals surface area contributed by atoms with Crippen molar-refractivity contribution in [3.63, 3.8) is 0 Å². The van der Waals surface area contributed by atoms with Crippen molar-refractivity contribution in [2.75, 3.05) is 0 Å². The molecule has 0 aromatic heterocycles. The van der Waals surface area contributed by atoms with Crippen molar-refractivity contribution in [1.82, 2.24) is 0 Å². The van der Waals surface area contributed by atoms with E-state index < -0.39 is 0 Å². The summed E-state index contributed by atoms with van der Waals surface area (Å²) in [4.78, 5) is 0. The first-order chi connectivity index (χ1) is 5.30. The Morgan fingerprint density at radius 3 is 2.27 bits per heavy atom. The molecule has 1 saturated carbocycles. The molecule has 2 aliphatic rings. The second kappa shape index (κ2) is 2.36. The molecule has 0 heteroatoms. The third kappa shape index (κ3) is 0.881. The normalized spacial score (nSPS) is 38.4. The Labute approximate surface area is 69.7 Å². The highest BCUT2D eigenvalue weighted by molar-refractivity contribution is 5.14. The van der Waals surface area contributed by atoms with Crippen LogP contribution in [0.5, 0.6) is 0 Å². The summed E-state index contributed by atoms with van der Waals surface area (Å²) in [7, 11) is 0. The molecular formula is C11H18. The quantitative estimate of drug-likeness (QED) is 0.529. The van der Waals surface area contributed by atoms with E-state index in [-0.39, 0.29) is 0 Å². The predicted octanol–water partition coefficient (Wildman–Crippen LogP) is 3.39. The highest BCUT2D eigenvalue weighted by Gasteiger charge is 2.45. The largest absolute Gasteiger partial charge is 0.0851 e. The van der Waals surface area contributed by atoms with E-state index in [1.807, 2.05) is 0 Å². The smallest absolute Gasteiger partial charge is 0.0171 e. The van der Waals surface area contributed by atoms with E-state index in [0.29, 0.717) is 5.41 Å². The van der Waals surface area contributed by atoms with Crippen molar-refractivity contribution in [2.45, 2.75) is 39.5 Å². The SMILES string of the molecule is CCC1(CC)CC2C=CC1C2. The highest BCUT2D eigenvalue weighted by Crippen LogP contribution is 2.55. The van der Waals surface area contributed by atoms with Gasteiger partial charge in [0.15, 0.2) is 0 Å². The molecule has 0 spiro atoms. The van der Waals surface area contributed by atoms with Crippen LogP contribution in [0, 0.1) is 17.3 Å². The van der Waals surface area contributed by atoms with Gasteiger partial charge in [0.2, 0.25) is 0 Å². The van der Waals surface area contributed by atoms with Crippen LogP contribution in [0.1, 0.15) is 39.5 Å². The van der Waals surface area contributed by atoms with Crippen LogP contribution in [-0.4, -0.2) is 0 Å². The van der Waals surface area contributed by atoms with Gasteiger partial charge in [0.1, 0.15) is 0 Å². The minimum absolute atomic E-state index is 0.708. The van der Waals surface area contributed by atoms with Gasteiger partial charge in [-0.15, -0.1) is 0 Å². The van der Waals surface area contributed by atoms with E-state index >= 15 is 0 Å². The second-order valence-electron chi connectivity index (χ2n) is 4.26. The molecule has 0 amide bonds. The van der Waals surface area contributed by atoms with Gasteiger partial charge in [-0.25, -0.2) is 0 Å². The Bertz CT molecular complexity index is 174. The van der Waals surface area contributed by atoms with Crippen LogP contribution in [0.3, 0.4) is 0 Å². The minimum Gasteiger partial charge on any atom is -0.0851 e. The minimum atomic E-state index is 0.708. The molecule has 0 aromatic carbocycles. The van der Waals surface area contributed by atoms with Gasteiger partial charge in [-0.2, -0.15) is 0 Å². The van der Waals surface area contributed by atoms with Crippen molar-refractivity contribution in [3.05, 3.63) is 12.2 Å². The van der Waals surface area contributed by atoms with Gasteiger partial charge in [-0.1, -0.05) is 26.0 Å². The van der Waals surface area contributed by atoms with E-state index in [0.717, 1.165) is 11.8 Å². The number of allylic oxidation sites excluding steroid dienone is 2. The molecule has 2 bridgehead atoms. The first-order valence-electron chi connectivity index (χ1n) is 4.99. The summed E-state index contributed by atoms with van der Waals surface area (Å²) in [6.45, 7) is 4.72. The lowest BCUT2D eigenvalue weighted by atomic mass is 9.72. The van der Waals surface area contributed by atoms with Crippen LogP contribution < -0.4 is 0 Å². The van der Waals surface area contributed by atoms with Crippen LogP contribution in [0.2, 0.25) is 0 Å². The number of hydrogen-bond acceptors (Lipinski definition) is 0. The van der Waals surface area contributed by atoms with Crippen LogP contribution in [0.15, 0.2) is 12.2 Å². The fourth-order valence-corrected chi connectivity index (χ4v) is 3.12. The standard InChI is InChI=1S/C11H18/c1-3-11(4-2)8-9-5-6-10(11)7-9/h5-6,9-10H,3-4,7-8H2,1-2H3. The molecular weight excluding hydrogens is 132 g/mol. The molecule has 0 saturated heterocycles. The molecule has 2 rings (SSSR count). The zero-order chi connectivity index (χ0) is 7.90. The third-order valence-electron chi connectivity index (χ3n) is 4.04. The van der Waals surface area contributed by atoms with E-state index in [9.17, 15) is 0 Å². The highest BCUT2D eigenvalue weighted by atomic mass is 14.5. The van der Waals surface area contributed by atoms with Gasteiger partial charge in [0, 0.05) is 0 Å². The summed E-state index contributed by atoms with van der Waals surface area (Å²) in [6.07, 6.45) is 10.6. The van der Waals surface area contributed by atoms with Crippen LogP contribution in [-0.2, 0) is 0 Å². The molecule has 0 aromatic rings. The van der Waals surface area contributed by atoms with E-state index in [2.05, 4.69) is 26.0 Å². The van der Waals surface area contributed by atoms with E-state index in [4.69, 9.17) is 0 Å². The maximum Gasteiger partial charge on any atom is -0.0171 e.